The fourth-order valence-corrected chi connectivity index (χ4v) is 2.45. The van der Waals surface area contributed by atoms with Gasteiger partial charge in [-0.25, -0.2) is 9.36 Å². The van der Waals surface area contributed by atoms with Gasteiger partial charge in [0.2, 0.25) is 0 Å². The fourth-order valence-electron chi connectivity index (χ4n) is 2.45. The first-order valence-corrected chi connectivity index (χ1v) is 7.79. The Hall–Kier alpha value is -1.50. The van der Waals surface area contributed by atoms with Crippen molar-refractivity contribution in [2.24, 2.45) is 4.99 Å². The number of methoxy groups -OCH3 is 1. The van der Waals surface area contributed by atoms with Crippen LogP contribution in [0.3, 0.4) is 0 Å². The minimum absolute atomic E-state index is 0. The Bertz CT molecular complexity index is 629. The summed E-state index contributed by atoms with van der Waals surface area (Å²) in [6.07, 6.45) is 1.74. The van der Waals surface area contributed by atoms with Crippen LogP contribution >= 0.6 is 0 Å². The molecule has 134 valence electrons. The maximum Gasteiger partial charge on any atom is 0.341 e. The van der Waals surface area contributed by atoms with E-state index in [-0.39, 0.29) is 23.8 Å². The number of ether oxygens (including phenoxy) is 3. The van der Waals surface area contributed by atoms with Gasteiger partial charge in [-0.2, -0.15) is 0 Å². The van der Waals surface area contributed by atoms with Gasteiger partial charge in [0.05, 0.1) is 36.4 Å². The molecule has 6 nitrogen and oxygen atoms in total. The van der Waals surface area contributed by atoms with Crippen molar-refractivity contribution in [1.82, 2.24) is 0 Å². The Morgan fingerprint density at radius 3 is 2.67 bits per heavy atom. The number of aliphatic imine (C=N–C) groups is 1. The summed E-state index contributed by atoms with van der Waals surface area (Å²) in [7, 11) is 1.63. The van der Waals surface area contributed by atoms with E-state index in [1.54, 1.807) is 20.2 Å². The van der Waals surface area contributed by atoms with Crippen LogP contribution < -0.4 is 17.0 Å². The molecule has 7 heteroatoms. The van der Waals surface area contributed by atoms with Crippen molar-refractivity contribution < 1.29 is 36.0 Å². The molecule has 1 aromatic heterocycles. The first-order chi connectivity index (χ1) is 10.9. The summed E-state index contributed by atoms with van der Waals surface area (Å²) in [5, 5.41) is 0. The highest BCUT2D eigenvalue weighted by Crippen LogP contribution is 2.38. The van der Waals surface area contributed by atoms with E-state index in [0.29, 0.717) is 32.1 Å². The lowest BCUT2D eigenvalue weighted by molar-refractivity contribution is -0.721. The van der Waals surface area contributed by atoms with Crippen LogP contribution in [0.4, 0.5) is 5.82 Å². The average Bonchev–Trinajstić information content (AvgIpc) is 2.74. The van der Waals surface area contributed by atoms with Crippen LogP contribution in [0.15, 0.2) is 17.3 Å². The Kier molecular flexibility index (Phi) is 7.32. The maximum absolute atomic E-state index is 12.1. The van der Waals surface area contributed by atoms with Gasteiger partial charge in [-0.1, -0.05) is 0 Å². The lowest BCUT2D eigenvalue weighted by atomic mass is 9.82. The summed E-state index contributed by atoms with van der Waals surface area (Å²) >= 11 is 0. The zero-order chi connectivity index (χ0) is 17.0. The molecule has 2 rings (SSSR count). The number of hydrogen-bond donors (Lipinski definition) is 0. The van der Waals surface area contributed by atoms with Gasteiger partial charge in [-0.15, -0.1) is 0 Å². The van der Waals surface area contributed by atoms with E-state index in [0.717, 1.165) is 17.1 Å². The Labute approximate surface area is 149 Å². The number of pyridine rings is 1. The molecule has 0 atom stereocenters. The lowest BCUT2D eigenvalue weighted by Crippen LogP contribution is -3.00. The monoisotopic (exact) mass is 356 g/mol. The molecule has 24 heavy (non-hydrogen) atoms. The second-order valence-electron chi connectivity index (χ2n) is 6.01. The zero-order valence-corrected chi connectivity index (χ0v) is 15.6. The molecule has 0 saturated heterocycles. The molecule has 0 spiro atoms. The molecule has 2 heterocycles. The first-order valence-electron chi connectivity index (χ1n) is 7.79. The van der Waals surface area contributed by atoms with Crippen molar-refractivity contribution in [1.29, 1.82) is 0 Å². The molecule has 0 unspecified atom stereocenters. The van der Waals surface area contributed by atoms with Crippen molar-refractivity contribution in [3.8, 4) is 0 Å². The molecule has 1 aromatic rings. The molecule has 0 radical (unpaired) electrons. The summed E-state index contributed by atoms with van der Waals surface area (Å²) in [6.45, 7) is 9.66. The van der Waals surface area contributed by atoms with Gasteiger partial charge < -0.3 is 26.6 Å². The van der Waals surface area contributed by atoms with Crippen LogP contribution in [0.1, 0.15) is 43.6 Å². The number of aromatic nitrogens is 1. The smallest absolute Gasteiger partial charge is 0.341 e. The predicted octanol–water partition coefficient (Wildman–Crippen LogP) is -0.841. The van der Waals surface area contributed by atoms with Gasteiger partial charge in [0.25, 0.3) is 0 Å². The van der Waals surface area contributed by atoms with Crippen LogP contribution in [-0.4, -0.2) is 38.6 Å². The largest absolute Gasteiger partial charge is 1.00 e. The third kappa shape index (κ3) is 4.12. The van der Waals surface area contributed by atoms with Crippen molar-refractivity contribution >= 4 is 17.5 Å². The third-order valence-electron chi connectivity index (χ3n) is 4.13. The topological polar surface area (TPSA) is 61.0 Å². The molecule has 0 amide bonds. The second kappa shape index (κ2) is 8.55. The highest BCUT2D eigenvalue weighted by atomic mass is 35.5. The minimum atomic E-state index is -0.332. The van der Waals surface area contributed by atoms with Gasteiger partial charge in [0.15, 0.2) is 6.73 Å². The Morgan fingerprint density at radius 1 is 1.33 bits per heavy atom. The van der Waals surface area contributed by atoms with Crippen molar-refractivity contribution in [3.63, 3.8) is 0 Å². The summed E-state index contributed by atoms with van der Waals surface area (Å²) in [5.74, 6) is 0.499. The number of nitrogens with zero attached hydrogens (tertiary/aromatic N) is 2. The maximum atomic E-state index is 12.1. The van der Waals surface area contributed by atoms with Crippen LogP contribution in [0.5, 0.6) is 0 Å². The predicted molar refractivity (Wildman–Crippen MR) is 86.2 cm³/mol. The van der Waals surface area contributed by atoms with E-state index in [2.05, 4.69) is 18.8 Å². The Morgan fingerprint density at radius 2 is 2.04 bits per heavy atom. The molecule has 1 aliphatic heterocycles. The molecular weight excluding hydrogens is 332 g/mol. The van der Waals surface area contributed by atoms with E-state index in [9.17, 15) is 4.79 Å². The summed E-state index contributed by atoms with van der Waals surface area (Å²) in [4.78, 5) is 16.8. The number of halogens is 1. The summed E-state index contributed by atoms with van der Waals surface area (Å²) in [5.41, 5.74) is 2.32. The number of rotatable bonds is 7. The SMILES string of the molecule is CCOC(=O)c1cc2c([n+](COCCOC)c1)N=C(C)C2(C)C.[Cl-]. The number of carbonyl (C=O) groups excluding carboxylic acids is 1. The molecule has 1 aliphatic rings. The summed E-state index contributed by atoms with van der Waals surface area (Å²) < 4.78 is 17.6. The van der Waals surface area contributed by atoms with Crippen molar-refractivity contribution in [2.75, 3.05) is 26.9 Å². The van der Waals surface area contributed by atoms with Crippen molar-refractivity contribution in [3.05, 3.63) is 23.4 Å². The Balaban J connectivity index is 0.00000288. The number of carbonyl (C=O) groups is 1. The number of fused-ring (bicyclic) bond motifs is 1. The quantitative estimate of drug-likeness (QED) is 0.363. The van der Waals surface area contributed by atoms with Crippen LogP contribution in [0.25, 0.3) is 0 Å². The van der Waals surface area contributed by atoms with E-state index in [1.807, 2.05) is 17.6 Å². The minimum Gasteiger partial charge on any atom is -1.00 e. The van der Waals surface area contributed by atoms with E-state index < -0.39 is 0 Å². The highest BCUT2D eigenvalue weighted by molar-refractivity contribution is 5.99. The van der Waals surface area contributed by atoms with E-state index >= 15 is 0 Å². The van der Waals surface area contributed by atoms with Gasteiger partial charge in [0, 0.05) is 7.11 Å². The number of esters is 1. The molecular formula is C17H25ClN2O4. The first kappa shape index (κ1) is 20.5. The van der Waals surface area contributed by atoms with Gasteiger partial charge in [0.1, 0.15) is 11.9 Å². The molecule has 0 saturated carbocycles. The average molecular weight is 357 g/mol. The molecule has 0 aliphatic carbocycles. The van der Waals surface area contributed by atoms with Crippen LogP contribution in [0.2, 0.25) is 0 Å². The van der Waals surface area contributed by atoms with Crippen LogP contribution in [0, 0.1) is 0 Å². The highest BCUT2D eigenvalue weighted by Gasteiger charge is 2.41. The standard InChI is InChI=1S/C17H25N2O4.ClH/c1-6-23-16(20)13-9-14-15(18-12(2)17(14,3)4)19(10-13)11-22-8-7-21-5;/h9-10H,6-8,11H2,1-5H3;1H/q+1;/p-1. The van der Waals surface area contributed by atoms with Gasteiger partial charge in [-0.05, 0) is 38.8 Å². The fraction of sp³-hybridized carbons (Fsp3) is 0.588. The third-order valence-corrected chi connectivity index (χ3v) is 4.13. The van der Waals surface area contributed by atoms with Gasteiger partial charge in [-0.3, -0.25) is 0 Å². The zero-order valence-electron chi connectivity index (χ0n) is 14.9. The molecule has 0 aromatic carbocycles. The van der Waals surface area contributed by atoms with Crippen LogP contribution in [-0.2, 0) is 26.4 Å². The van der Waals surface area contributed by atoms with Crippen molar-refractivity contribution in [2.45, 2.75) is 39.8 Å². The number of hydrogen-bond acceptors (Lipinski definition) is 5. The lowest BCUT2D eigenvalue weighted by Gasteiger charge is -2.17. The molecule has 0 fully saturated rings. The van der Waals surface area contributed by atoms with E-state index in [4.69, 9.17) is 14.2 Å². The normalized spacial score (nSPS) is 14.6. The van der Waals surface area contributed by atoms with Gasteiger partial charge >= 0.3 is 11.8 Å². The summed E-state index contributed by atoms with van der Waals surface area (Å²) in [6, 6.07) is 1.87. The molecule has 0 N–H and O–H groups in total. The molecule has 0 bridgehead atoms. The van der Waals surface area contributed by atoms with E-state index in [1.165, 1.54) is 0 Å². The second-order valence-corrected chi connectivity index (χ2v) is 6.01.